The summed E-state index contributed by atoms with van der Waals surface area (Å²) in [6, 6.07) is 0. The van der Waals surface area contributed by atoms with Crippen LogP contribution in [-0.4, -0.2) is 23.6 Å². The zero-order valence-electron chi connectivity index (χ0n) is 17.0. The molecule has 4 aliphatic rings. The number of carbonyl (C=O) groups is 3. The predicted octanol–water partition coefficient (Wildman–Crippen LogP) is 4.27. The molecule has 0 aromatic rings. The SMILES string of the molecule is CC(=O)OC1CC(=O)C=C2CC[C@H]3[C@@H]4CC[C@@H](C(C)=O)[C@@]4(C)CC[C@@H]3[C@]21C. The minimum Gasteiger partial charge on any atom is -0.461 e. The smallest absolute Gasteiger partial charge is 0.302 e. The molecule has 0 aromatic heterocycles. The molecule has 0 N–H and O–H groups in total. The van der Waals surface area contributed by atoms with E-state index in [2.05, 4.69) is 13.8 Å². The van der Waals surface area contributed by atoms with Crippen molar-refractivity contribution >= 4 is 17.5 Å². The summed E-state index contributed by atoms with van der Waals surface area (Å²) in [6.45, 7) is 7.78. The van der Waals surface area contributed by atoms with Gasteiger partial charge in [-0.1, -0.05) is 19.4 Å². The van der Waals surface area contributed by atoms with Crippen LogP contribution in [-0.2, 0) is 19.1 Å². The molecule has 4 nitrogen and oxygen atoms in total. The summed E-state index contributed by atoms with van der Waals surface area (Å²) in [5, 5.41) is 0. The lowest BCUT2D eigenvalue weighted by Crippen LogP contribution is -2.56. The van der Waals surface area contributed by atoms with Crippen LogP contribution in [0.3, 0.4) is 0 Å². The summed E-state index contributed by atoms with van der Waals surface area (Å²) in [6.07, 6.45) is 8.09. The summed E-state index contributed by atoms with van der Waals surface area (Å²) in [5.74, 6) is 1.90. The second kappa shape index (κ2) is 6.28. The van der Waals surface area contributed by atoms with Gasteiger partial charge in [-0.2, -0.15) is 0 Å². The van der Waals surface area contributed by atoms with E-state index < -0.39 is 0 Å². The van der Waals surface area contributed by atoms with E-state index >= 15 is 0 Å². The van der Waals surface area contributed by atoms with Crippen LogP contribution < -0.4 is 0 Å². The molecule has 27 heavy (non-hydrogen) atoms. The molecule has 0 spiro atoms. The molecule has 4 heteroatoms. The van der Waals surface area contributed by atoms with Gasteiger partial charge in [-0.25, -0.2) is 0 Å². The van der Waals surface area contributed by atoms with Gasteiger partial charge in [-0.15, -0.1) is 0 Å². The van der Waals surface area contributed by atoms with Crippen LogP contribution in [0, 0.1) is 34.5 Å². The highest BCUT2D eigenvalue weighted by atomic mass is 16.5. The first kappa shape index (κ1) is 18.9. The maximum atomic E-state index is 12.3. The lowest BCUT2D eigenvalue weighted by molar-refractivity contribution is -0.164. The molecular formula is C23H32O4. The molecule has 0 bridgehead atoms. The van der Waals surface area contributed by atoms with E-state index in [-0.39, 0.29) is 34.6 Å². The highest BCUT2D eigenvalue weighted by molar-refractivity contribution is 5.92. The zero-order chi connectivity index (χ0) is 19.6. The Morgan fingerprint density at radius 3 is 2.48 bits per heavy atom. The predicted molar refractivity (Wildman–Crippen MR) is 102 cm³/mol. The van der Waals surface area contributed by atoms with Crippen LogP contribution >= 0.6 is 0 Å². The fourth-order valence-corrected chi connectivity index (χ4v) is 7.62. The molecule has 0 saturated heterocycles. The van der Waals surface area contributed by atoms with Crippen molar-refractivity contribution in [1.29, 1.82) is 0 Å². The van der Waals surface area contributed by atoms with Gasteiger partial charge in [0.25, 0.3) is 0 Å². The molecule has 7 atom stereocenters. The van der Waals surface area contributed by atoms with Gasteiger partial charge < -0.3 is 4.74 Å². The number of hydrogen-bond donors (Lipinski definition) is 0. The standard InChI is InChI=1S/C23H32O4/c1-13(24)18-7-8-19-17-6-5-15-11-16(26)12-21(27-14(2)25)23(15,4)20(17)9-10-22(18,19)3/h11,17-21H,5-10,12H2,1-4H3/t17-,18-,19-,20-,21?,22+,23-/m0/s1. The monoisotopic (exact) mass is 372 g/mol. The molecule has 3 saturated carbocycles. The third kappa shape index (κ3) is 2.66. The molecular weight excluding hydrogens is 340 g/mol. The first-order valence-corrected chi connectivity index (χ1v) is 10.6. The van der Waals surface area contributed by atoms with E-state index in [0.717, 1.165) is 38.5 Å². The van der Waals surface area contributed by atoms with Crippen LogP contribution in [0.25, 0.3) is 0 Å². The van der Waals surface area contributed by atoms with Crippen molar-refractivity contribution in [2.75, 3.05) is 0 Å². The molecule has 4 rings (SSSR count). The number of Topliss-reactive ketones (excluding diaryl/α,β-unsaturated/α-hetero) is 1. The summed E-state index contributed by atoms with van der Waals surface area (Å²) in [5.41, 5.74) is 1.07. The van der Waals surface area contributed by atoms with Gasteiger partial charge in [0.2, 0.25) is 0 Å². The van der Waals surface area contributed by atoms with Gasteiger partial charge in [0.15, 0.2) is 5.78 Å². The van der Waals surface area contributed by atoms with Crippen molar-refractivity contribution in [3.05, 3.63) is 11.6 Å². The molecule has 0 heterocycles. The Morgan fingerprint density at radius 2 is 1.81 bits per heavy atom. The minimum absolute atomic E-state index is 0.0883. The number of ether oxygens (including phenoxy) is 1. The summed E-state index contributed by atoms with van der Waals surface area (Å²) in [7, 11) is 0. The average Bonchev–Trinajstić information content (AvgIpc) is 2.93. The van der Waals surface area contributed by atoms with Gasteiger partial charge in [-0.05, 0) is 74.7 Å². The maximum absolute atomic E-state index is 12.3. The normalized spacial score (nSPS) is 46.0. The fourth-order valence-electron chi connectivity index (χ4n) is 7.62. The molecule has 0 aliphatic heterocycles. The fraction of sp³-hybridized carbons (Fsp3) is 0.783. The topological polar surface area (TPSA) is 60.4 Å². The Kier molecular flexibility index (Phi) is 4.40. The molecule has 0 amide bonds. The van der Waals surface area contributed by atoms with E-state index in [9.17, 15) is 14.4 Å². The van der Waals surface area contributed by atoms with E-state index in [0.29, 0.717) is 30.0 Å². The number of esters is 1. The number of hydrogen-bond acceptors (Lipinski definition) is 4. The Hall–Kier alpha value is -1.45. The first-order valence-electron chi connectivity index (χ1n) is 10.6. The number of rotatable bonds is 2. The van der Waals surface area contributed by atoms with Gasteiger partial charge in [0.1, 0.15) is 11.9 Å². The van der Waals surface area contributed by atoms with Crippen molar-refractivity contribution in [2.24, 2.45) is 34.5 Å². The second-order valence-corrected chi connectivity index (χ2v) is 9.92. The summed E-state index contributed by atoms with van der Waals surface area (Å²) >= 11 is 0. The third-order valence-corrected chi connectivity index (χ3v) is 8.84. The molecule has 4 aliphatic carbocycles. The highest BCUT2D eigenvalue weighted by Gasteiger charge is 2.62. The van der Waals surface area contributed by atoms with E-state index in [1.165, 1.54) is 12.5 Å². The largest absolute Gasteiger partial charge is 0.461 e. The van der Waals surface area contributed by atoms with Crippen molar-refractivity contribution in [1.82, 2.24) is 0 Å². The zero-order valence-corrected chi connectivity index (χ0v) is 17.0. The minimum atomic E-state index is -0.343. The van der Waals surface area contributed by atoms with Gasteiger partial charge in [-0.3, -0.25) is 14.4 Å². The van der Waals surface area contributed by atoms with E-state index in [4.69, 9.17) is 4.74 Å². The lowest BCUT2D eigenvalue weighted by Gasteiger charge is -2.59. The van der Waals surface area contributed by atoms with Crippen LogP contribution in [0.1, 0.15) is 72.6 Å². The number of carbonyl (C=O) groups excluding carboxylic acids is 3. The van der Waals surface area contributed by atoms with Crippen LogP contribution in [0.4, 0.5) is 0 Å². The van der Waals surface area contributed by atoms with E-state index in [1.807, 2.05) is 6.08 Å². The van der Waals surface area contributed by atoms with Gasteiger partial charge >= 0.3 is 5.97 Å². The lowest BCUT2D eigenvalue weighted by atomic mass is 9.46. The highest BCUT2D eigenvalue weighted by Crippen LogP contribution is 2.66. The molecule has 148 valence electrons. The Bertz CT molecular complexity index is 722. The number of fused-ring (bicyclic) bond motifs is 5. The van der Waals surface area contributed by atoms with Crippen molar-refractivity contribution < 1.29 is 19.1 Å². The molecule has 1 unspecified atom stereocenters. The van der Waals surface area contributed by atoms with Gasteiger partial charge in [0, 0.05) is 24.7 Å². The molecule has 0 aromatic carbocycles. The first-order chi connectivity index (χ1) is 12.7. The van der Waals surface area contributed by atoms with Crippen molar-refractivity contribution in [3.63, 3.8) is 0 Å². The molecule has 3 fully saturated rings. The Labute approximate surface area is 162 Å². The molecule has 0 radical (unpaired) electrons. The van der Waals surface area contributed by atoms with Crippen LogP contribution in [0.15, 0.2) is 11.6 Å². The summed E-state index contributed by atoms with van der Waals surface area (Å²) < 4.78 is 5.72. The van der Waals surface area contributed by atoms with Crippen LogP contribution in [0.2, 0.25) is 0 Å². The van der Waals surface area contributed by atoms with Crippen LogP contribution in [0.5, 0.6) is 0 Å². The van der Waals surface area contributed by atoms with Gasteiger partial charge in [0.05, 0.1) is 0 Å². The summed E-state index contributed by atoms with van der Waals surface area (Å²) in [4.78, 5) is 36.3. The quantitative estimate of drug-likeness (QED) is 0.679. The Morgan fingerprint density at radius 1 is 1.07 bits per heavy atom. The van der Waals surface area contributed by atoms with Crippen molar-refractivity contribution in [2.45, 2.75) is 78.7 Å². The number of ketones is 2. The average molecular weight is 373 g/mol. The van der Waals surface area contributed by atoms with Crippen molar-refractivity contribution in [3.8, 4) is 0 Å². The maximum Gasteiger partial charge on any atom is 0.302 e. The second-order valence-electron chi connectivity index (χ2n) is 9.92. The Balaban J connectivity index is 1.70. The van der Waals surface area contributed by atoms with E-state index in [1.54, 1.807) is 6.92 Å². The third-order valence-electron chi connectivity index (χ3n) is 8.84.